The second-order valence-electron chi connectivity index (χ2n) is 6.25. The van der Waals surface area contributed by atoms with Crippen molar-refractivity contribution < 1.29 is 13.2 Å². The standard InChI is InChI=1S/C19H23IN2O3S/c1-5-18(19(23)21-16-9-7-15(20)8-10-16)22(26(4,24)25)17-11-6-13(2)14(3)12-17/h6-12,18H,5H2,1-4H3,(H,21,23)/t18-/m0/s1. The Bertz CT molecular complexity index is 896. The van der Waals surface area contributed by atoms with Crippen molar-refractivity contribution in [1.29, 1.82) is 0 Å². The number of benzene rings is 2. The van der Waals surface area contributed by atoms with Gasteiger partial charge in [-0.25, -0.2) is 8.42 Å². The largest absolute Gasteiger partial charge is 0.324 e. The van der Waals surface area contributed by atoms with Crippen LogP contribution in [0, 0.1) is 17.4 Å². The van der Waals surface area contributed by atoms with Crippen LogP contribution in [0.1, 0.15) is 24.5 Å². The summed E-state index contributed by atoms with van der Waals surface area (Å²) in [5.41, 5.74) is 3.19. The Hall–Kier alpha value is -1.61. The molecule has 1 N–H and O–H groups in total. The average Bonchev–Trinajstić information content (AvgIpc) is 2.56. The fourth-order valence-corrected chi connectivity index (χ4v) is 4.24. The van der Waals surface area contributed by atoms with Crippen molar-refractivity contribution in [3.05, 3.63) is 57.2 Å². The summed E-state index contributed by atoms with van der Waals surface area (Å²) >= 11 is 2.19. The van der Waals surface area contributed by atoms with Gasteiger partial charge in [-0.05, 0) is 90.4 Å². The van der Waals surface area contributed by atoms with Crippen LogP contribution < -0.4 is 9.62 Å². The first-order chi connectivity index (χ1) is 12.1. The number of amides is 1. The predicted molar refractivity (Wildman–Crippen MR) is 115 cm³/mol. The second kappa shape index (κ2) is 8.39. The molecule has 2 aromatic carbocycles. The van der Waals surface area contributed by atoms with Crippen LogP contribution in [-0.4, -0.2) is 26.6 Å². The molecule has 0 radical (unpaired) electrons. The summed E-state index contributed by atoms with van der Waals surface area (Å²) in [6.45, 7) is 5.69. The lowest BCUT2D eigenvalue weighted by atomic mass is 10.1. The number of carbonyl (C=O) groups excluding carboxylic acids is 1. The number of rotatable bonds is 6. The Morgan fingerprint density at radius 3 is 2.23 bits per heavy atom. The van der Waals surface area contributed by atoms with Gasteiger partial charge in [0.25, 0.3) is 0 Å². The number of carbonyl (C=O) groups is 1. The zero-order valence-corrected chi connectivity index (χ0v) is 18.3. The molecule has 1 amide bonds. The highest BCUT2D eigenvalue weighted by molar-refractivity contribution is 14.1. The molecule has 0 aliphatic carbocycles. The van der Waals surface area contributed by atoms with Crippen molar-refractivity contribution in [1.82, 2.24) is 0 Å². The fraction of sp³-hybridized carbons (Fsp3) is 0.316. The molecule has 0 aromatic heterocycles. The monoisotopic (exact) mass is 486 g/mol. The van der Waals surface area contributed by atoms with E-state index in [0.29, 0.717) is 17.8 Å². The Morgan fingerprint density at radius 1 is 1.12 bits per heavy atom. The molecule has 0 saturated carbocycles. The minimum absolute atomic E-state index is 0.350. The van der Waals surface area contributed by atoms with Crippen molar-refractivity contribution in [2.24, 2.45) is 0 Å². The molecule has 2 rings (SSSR count). The van der Waals surface area contributed by atoms with Gasteiger partial charge in [-0.2, -0.15) is 0 Å². The summed E-state index contributed by atoms with van der Waals surface area (Å²) in [7, 11) is -3.63. The van der Waals surface area contributed by atoms with Gasteiger partial charge < -0.3 is 5.32 Å². The number of nitrogens with zero attached hydrogens (tertiary/aromatic N) is 1. The van der Waals surface area contributed by atoms with Gasteiger partial charge in [0.1, 0.15) is 6.04 Å². The highest BCUT2D eigenvalue weighted by Gasteiger charge is 2.31. The zero-order valence-electron chi connectivity index (χ0n) is 15.3. The van der Waals surface area contributed by atoms with E-state index in [1.165, 1.54) is 4.31 Å². The molecule has 0 saturated heterocycles. The van der Waals surface area contributed by atoms with E-state index in [1.807, 2.05) is 32.0 Å². The molecule has 5 nitrogen and oxygen atoms in total. The van der Waals surface area contributed by atoms with Crippen LogP contribution in [0.25, 0.3) is 0 Å². The van der Waals surface area contributed by atoms with Crippen molar-refractivity contribution in [3.63, 3.8) is 0 Å². The fourth-order valence-electron chi connectivity index (χ4n) is 2.68. The van der Waals surface area contributed by atoms with Gasteiger partial charge >= 0.3 is 0 Å². The summed E-state index contributed by atoms with van der Waals surface area (Å²) in [6.07, 6.45) is 1.49. The van der Waals surface area contributed by atoms with Gasteiger partial charge in [-0.3, -0.25) is 9.10 Å². The van der Waals surface area contributed by atoms with Crippen LogP contribution in [0.4, 0.5) is 11.4 Å². The Labute approximate surface area is 169 Å². The molecule has 26 heavy (non-hydrogen) atoms. The molecule has 0 unspecified atom stereocenters. The van der Waals surface area contributed by atoms with Gasteiger partial charge in [0.05, 0.1) is 11.9 Å². The first kappa shape index (κ1) is 20.7. The molecular formula is C19H23IN2O3S. The average molecular weight is 486 g/mol. The van der Waals surface area contributed by atoms with E-state index in [-0.39, 0.29) is 5.91 Å². The third kappa shape index (κ3) is 4.97. The van der Waals surface area contributed by atoms with Gasteiger partial charge in [0.2, 0.25) is 15.9 Å². The van der Waals surface area contributed by atoms with Crippen LogP contribution in [0.3, 0.4) is 0 Å². The van der Waals surface area contributed by atoms with E-state index in [4.69, 9.17) is 0 Å². The summed E-state index contributed by atoms with van der Waals surface area (Å²) < 4.78 is 27.2. The number of hydrogen-bond acceptors (Lipinski definition) is 3. The van der Waals surface area contributed by atoms with Crippen molar-refractivity contribution in [2.75, 3.05) is 15.9 Å². The maximum atomic E-state index is 12.8. The van der Waals surface area contributed by atoms with Crippen LogP contribution in [0.2, 0.25) is 0 Å². The molecule has 0 fully saturated rings. The minimum Gasteiger partial charge on any atom is -0.324 e. The number of halogens is 1. The summed E-state index contributed by atoms with van der Waals surface area (Å²) in [6, 6.07) is 11.9. The zero-order chi connectivity index (χ0) is 19.5. The lowest BCUT2D eigenvalue weighted by molar-refractivity contribution is -0.117. The van der Waals surface area contributed by atoms with E-state index in [9.17, 15) is 13.2 Å². The number of hydrogen-bond donors (Lipinski definition) is 1. The van der Waals surface area contributed by atoms with E-state index in [1.54, 1.807) is 31.2 Å². The van der Waals surface area contributed by atoms with E-state index < -0.39 is 16.1 Å². The minimum atomic E-state index is -3.63. The number of nitrogens with one attached hydrogen (secondary N) is 1. The Kier molecular flexibility index (Phi) is 6.68. The molecule has 0 spiro atoms. The quantitative estimate of drug-likeness (QED) is 0.626. The third-order valence-electron chi connectivity index (χ3n) is 4.19. The van der Waals surface area contributed by atoms with Gasteiger partial charge in [-0.1, -0.05) is 13.0 Å². The summed E-state index contributed by atoms with van der Waals surface area (Å²) in [4.78, 5) is 12.8. The molecule has 140 valence electrons. The Morgan fingerprint density at radius 2 is 1.73 bits per heavy atom. The lowest BCUT2D eigenvalue weighted by Gasteiger charge is -2.30. The van der Waals surface area contributed by atoms with Crippen molar-refractivity contribution >= 4 is 49.9 Å². The molecule has 0 heterocycles. The van der Waals surface area contributed by atoms with E-state index in [0.717, 1.165) is 21.0 Å². The van der Waals surface area contributed by atoms with Crippen molar-refractivity contribution in [3.8, 4) is 0 Å². The molecule has 0 aliphatic heterocycles. The molecule has 1 atom stereocenters. The topological polar surface area (TPSA) is 66.5 Å². The summed E-state index contributed by atoms with van der Waals surface area (Å²) in [5, 5.41) is 2.82. The molecule has 0 bridgehead atoms. The first-order valence-electron chi connectivity index (χ1n) is 8.26. The SMILES string of the molecule is CC[C@@H](C(=O)Nc1ccc(I)cc1)N(c1ccc(C)c(C)c1)S(C)(=O)=O. The van der Waals surface area contributed by atoms with E-state index >= 15 is 0 Å². The van der Waals surface area contributed by atoms with Crippen LogP contribution >= 0.6 is 22.6 Å². The molecule has 0 aliphatic rings. The number of aryl methyl sites for hydroxylation is 2. The highest BCUT2D eigenvalue weighted by atomic mass is 127. The van der Waals surface area contributed by atoms with Gasteiger partial charge in [-0.15, -0.1) is 0 Å². The van der Waals surface area contributed by atoms with E-state index in [2.05, 4.69) is 27.9 Å². The first-order valence-corrected chi connectivity index (χ1v) is 11.2. The van der Waals surface area contributed by atoms with Crippen LogP contribution in [0.5, 0.6) is 0 Å². The Balaban J connectivity index is 2.39. The van der Waals surface area contributed by atoms with Crippen molar-refractivity contribution in [2.45, 2.75) is 33.2 Å². The van der Waals surface area contributed by atoms with Crippen LogP contribution in [-0.2, 0) is 14.8 Å². The normalized spacial score (nSPS) is 12.5. The van der Waals surface area contributed by atoms with Gasteiger partial charge in [0.15, 0.2) is 0 Å². The highest BCUT2D eigenvalue weighted by Crippen LogP contribution is 2.25. The van der Waals surface area contributed by atoms with Crippen LogP contribution in [0.15, 0.2) is 42.5 Å². The summed E-state index contributed by atoms with van der Waals surface area (Å²) in [5.74, 6) is -0.350. The third-order valence-corrected chi connectivity index (χ3v) is 6.09. The van der Waals surface area contributed by atoms with Gasteiger partial charge in [0, 0.05) is 9.26 Å². The number of sulfonamides is 1. The smallest absolute Gasteiger partial charge is 0.248 e. The molecular weight excluding hydrogens is 463 g/mol. The molecule has 7 heteroatoms. The second-order valence-corrected chi connectivity index (χ2v) is 9.35. The maximum absolute atomic E-state index is 12.8. The predicted octanol–water partition coefficient (Wildman–Crippen LogP) is 4.09. The lowest BCUT2D eigenvalue weighted by Crippen LogP contribution is -2.47. The molecule has 2 aromatic rings. The maximum Gasteiger partial charge on any atom is 0.248 e. The number of anilines is 2.